The maximum atomic E-state index is 12.9. The highest BCUT2D eigenvalue weighted by molar-refractivity contribution is 7.92. The second kappa shape index (κ2) is 7.69. The number of nitrogens with zero attached hydrogens (tertiary/aromatic N) is 3. The van der Waals surface area contributed by atoms with Gasteiger partial charge < -0.3 is 0 Å². The van der Waals surface area contributed by atoms with Gasteiger partial charge in [-0.3, -0.25) is 4.79 Å². The van der Waals surface area contributed by atoms with Crippen molar-refractivity contribution in [3.05, 3.63) is 54.7 Å². The standard InChI is InChI=1S/C16H18N4O3S/c1-13(2)18-19-16(21)12-20(15-10-6-7-11-17-15)24(22,23)14-8-4-3-5-9-14/h3-11H,12H2,1-2H3,(H,19,21). The fourth-order valence-electron chi connectivity index (χ4n) is 1.85. The number of hydrazone groups is 1. The summed E-state index contributed by atoms with van der Waals surface area (Å²) in [4.78, 5) is 16.2. The van der Waals surface area contributed by atoms with Crippen molar-refractivity contribution in [2.24, 2.45) is 5.10 Å². The summed E-state index contributed by atoms with van der Waals surface area (Å²) in [6, 6.07) is 12.7. The van der Waals surface area contributed by atoms with Gasteiger partial charge in [0.1, 0.15) is 12.4 Å². The van der Waals surface area contributed by atoms with Crippen molar-refractivity contribution in [3.63, 3.8) is 0 Å². The Morgan fingerprint density at radius 1 is 1.12 bits per heavy atom. The number of anilines is 1. The predicted molar refractivity (Wildman–Crippen MR) is 92.1 cm³/mol. The summed E-state index contributed by atoms with van der Waals surface area (Å²) in [7, 11) is -3.93. The minimum Gasteiger partial charge on any atom is -0.271 e. The summed E-state index contributed by atoms with van der Waals surface area (Å²) >= 11 is 0. The minimum absolute atomic E-state index is 0.0821. The van der Waals surface area contributed by atoms with Gasteiger partial charge in [-0.15, -0.1) is 0 Å². The number of hydrogen-bond donors (Lipinski definition) is 1. The molecule has 0 bridgehead atoms. The second-order valence-corrected chi connectivity index (χ2v) is 6.97. The fourth-order valence-corrected chi connectivity index (χ4v) is 3.25. The highest BCUT2D eigenvalue weighted by Crippen LogP contribution is 2.21. The Labute approximate surface area is 141 Å². The summed E-state index contributed by atoms with van der Waals surface area (Å²) in [5.41, 5.74) is 2.97. The third kappa shape index (κ3) is 4.39. The minimum atomic E-state index is -3.93. The van der Waals surface area contributed by atoms with Crippen molar-refractivity contribution < 1.29 is 13.2 Å². The van der Waals surface area contributed by atoms with Gasteiger partial charge in [-0.2, -0.15) is 5.10 Å². The molecule has 0 unspecified atom stereocenters. The van der Waals surface area contributed by atoms with Crippen molar-refractivity contribution in [1.82, 2.24) is 10.4 Å². The van der Waals surface area contributed by atoms with E-state index in [0.717, 1.165) is 4.31 Å². The Kier molecular flexibility index (Phi) is 5.64. The summed E-state index contributed by atoms with van der Waals surface area (Å²) in [6.45, 7) is 3.01. The first-order chi connectivity index (χ1) is 11.4. The molecule has 0 aliphatic carbocycles. The smallest absolute Gasteiger partial charge is 0.265 e. The lowest BCUT2D eigenvalue weighted by atomic mass is 10.4. The molecule has 1 N–H and O–H groups in total. The third-order valence-corrected chi connectivity index (χ3v) is 4.69. The van der Waals surface area contributed by atoms with Gasteiger partial charge in [-0.05, 0) is 38.1 Å². The lowest BCUT2D eigenvalue weighted by Crippen LogP contribution is -2.40. The number of sulfonamides is 1. The molecular formula is C16H18N4O3S. The van der Waals surface area contributed by atoms with Crippen molar-refractivity contribution >= 4 is 27.5 Å². The van der Waals surface area contributed by atoms with Crippen LogP contribution in [0, 0.1) is 0 Å². The molecule has 0 atom stereocenters. The van der Waals surface area contributed by atoms with Crippen LogP contribution in [0.2, 0.25) is 0 Å². The molecule has 1 heterocycles. The van der Waals surface area contributed by atoms with Gasteiger partial charge in [0.2, 0.25) is 0 Å². The summed E-state index contributed by atoms with van der Waals surface area (Å²) < 4.78 is 26.7. The zero-order valence-electron chi connectivity index (χ0n) is 13.4. The number of benzene rings is 1. The highest BCUT2D eigenvalue weighted by atomic mass is 32.2. The van der Waals surface area contributed by atoms with Crippen LogP contribution in [-0.4, -0.2) is 31.6 Å². The molecule has 1 amide bonds. The zero-order valence-corrected chi connectivity index (χ0v) is 14.2. The van der Waals surface area contributed by atoms with Gasteiger partial charge in [0.15, 0.2) is 0 Å². The first-order valence-corrected chi connectivity index (χ1v) is 8.64. The molecule has 2 aromatic rings. The molecule has 0 fully saturated rings. The van der Waals surface area contributed by atoms with Crippen LogP contribution in [-0.2, 0) is 14.8 Å². The van der Waals surface area contributed by atoms with Gasteiger partial charge >= 0.3 is 0 Å². The van der Waals surface area contributed by atoms with E-state index in [2.05, 4.69) is 15.5 Å². The van der Waals surface area contributed by atoms with Gasteiger partial charge in [0.05, 0.1) is 4.90 Å². The number of rotatable bonds is 6. The normalized spacial score (nSPS) is 10.8. The van der Waals surface area contributed by atoms with Crippen molar-refractivity contribution in [2.45, 2.75) is 18.7 Å². The van der Waals surface area contributed by atoms with Gasteiger partial charge in [-0.1, -0.05) is 24.3 Å². The van der Waals surface area contributed by atoms with E-state index in [0.29, 0.717) is 5.71 Å². The predicted octanol–water partition coefficient (Wildman–Crippen LogP) is 1.79. The van der Waals surface area contributed by atoms with Crippen LogP contribution in [0.4, 0.5) is 5.82 Å². The molecule has 1 aromatic heterocycles. The fraction of sp³-hybridized carbons (Fsp3) is 0.188. The molecule has 0 radical (unpaired) electrons. The molecule has 8 heteroatoms. The average molecular weight is 346 g/mol. The molecule has 0 saturated carbocycles. The first-order valence-electron chi connectivity index (χ1n) is 7.20. The molecule has 0 saturated heterocycles. The number of carbonyl (C=O) groups excluding carboxylic acids is 1. The Morgan fingerprint density at radius 2 is 1.79 bits per heavy atom. The summed E-state index contributed by atoms with van der Waals surface area (Å²) in [5.74, 6) is -0.393. The maximum Gasteiger partial charge on any atom is 0.265 e. The van der Waals surface area contributed by atoms with E-state index >= 15 is 0 Å². The Balaban J connectivity index is 2.37. The topological polar surface area (TPSA) is 91.7 Å². The Hall–Kier alpha value is -2.74. The number of hydrogen-bond acceptors (Lipinski definition) is 5. The van der Waals surface area contributed by atoms with E-state index in [1.807, 2.05) is 0 Å². The number of aromatic nitrogens is 1. The SMILES string of the molecule is CC(C)=NNC(=O)CN(c1ccccn1)S(=O)(=O)c1ccccc1. The van der Waals surface area contributed by atoms with Crippen LogP contribution in [0.25, 0.3) is 0 Å². The lowest BCUT2D eigenvalue weighted by molar-refractivity contribution is -0.119. The van der Waals surface area contributed by atoms with Crippen LogP contribution in [0.1, 0.15) is 13.8 Å². The van der Waals surface area contributed by atoms with Crippen molar-refractivity contribution in [2.75, 3.05) is 10.8 Å². The van der Waals surface area contributed by atoms with Crippen molar-refractivity contribution in [3.8, 4) is 0 Å². The average Bonchev–Trinajstić information content (AvgIpc) is 2.59. The van der Waals surface area contributed by atoms with Crippen LogP contribution in [0.3, 0.4) is 0 Å². The largest absolute Gasteiger partial charge is 0.271 e. The van der Waals surface area contributed by atoms with E-state index in [-0.39, 0.29) is 10.7 Å². The molecule has 126 valence electrons. The summed E-state index contributed by atoms with van der Waals surface area (Å²) in [6.07, 6.45) is 1.47. The summed E-state index contributed by atoms with van der Waals surface area (Å²) in [5, 5.41) is 3.80. The highest BCUT2D eigenvalue weighted by Gasteiger charge is 2.27. The number of carbonyl (C=O) groups is 1. The number of amides is 1. The van der Waals surface area contributed by atoms with E-state index in [1.165, 1.54) is 24.4 Å². The van der Waals surface area contributed by atoms with Crippen LogP contribution < -0.4 is 9.73 Å². The molecule has 2 rings (SSSR count). The van der Waals surface area contributed by atoms with Crippen LogP contribution >= 0.6 is 0 Å². The third-order valence-electron chi connectivity index (χ3n) is 2.93. The van der Waals surface area contributed by atoms with E-state index in [1.54, 1.807) is 44.2 Å². The van der Waals surface area contributed by atoms with E-state index in [9.17, 15) is 13.2 Å². The molecule has 0 aliphatic heterocycles. The first kappa shape index (κ1) is 17.6. The van der Waals surface area contributed by atoms with Crippen LogP contribution in [0.15, 0.2) is 64.7 Å². The zero-order chi connectivity index (χ0) is 17.6. The molecule has 0 aliphatic rings. The molecule has 1 aromatic carbocycles. The van der Waals surface area contributed by atoms with E-state index in [4.69, 9.17) is 0 Å². The van der Waals surface area contributed by atoms with Gasteiger partial charge in [0.25, 0.3) is 15.9 Å². The van der Waals surface area contributed by atoms with Crippen LogP contribution in [0.5, 0.6) is 0 Å². The molecule has 0 spiro atoms. The lowest BCUT2D eigenvalue weighted by Gasteiger charge is -2.22. The van der Waals surface area contributed by atoms with Crippen molar-refractivity contribution in [1.29, 1.82) is 0 Å². The van der Waals surface area contributed by atoms with Gasteiger partial charge in [0, 0.05) is 11.9 Å². The molecular weight excluding hydrogens is 328 g/mol. The monoisotopic (exact) mass is 346 g/mol. The van der Waals surface area contributed by atoms with Gasteiger partial charge in [-0.25, -0.2) is 23.1 Å². The van der Waals surface area contributed by atoms with E-state index < -0.39 is 22.5 Å². The Bertz CT molecular complexity index is 817. The number of nitrogens with one attached hydrogen (secondary N) is 1. The maximum absolute atomic E-state index is 12.9. The molecule has 7 nitrogen and oxygen atoms in total. The second-order valence-electron chi connectivity index (χ2n) is 5.11. The number of pyridine rings is 1. The quantitative estimate of drug-likeness (QED) is 0.637. The molecule has 24 heavy (non-hydrogen) atoms. The Morgan fingerprint density at radius 3 is 2.38 bits per heavy atom.